The van der Waals surface area contributed by atoms with Crippen LogP contribution in [0, 0.1) is 5.41 Å². The molecule has 1 aromatic heterocycles. The van der Waals surface area contributed by atoms with E-state index in [0.29, 0.717) is 27.1 Å². The van der Waals surface area contributed by atoms with Gasteiger partial charge in [0.05, 0.1) is 10.0 Å². The van der Waals surface area contributed by atoms with Crippen LogP contribution in [0.2, 0.25) is 10.0 Å². The molecule has 0 unspecified atom stereocenters. The summed E-state index contributed by atoms with van der Waals surface area (Å²) in [4.78, 5) is 4.37. The molecule has 0 aromatic carbocycles. The van der Waals surface area contributed by atoms with Gasteiger partial charge in [0.15, 0.2) is 0 Å². The van der Waals surface area contributed by atoms with Crippen molar-refractivity contribution < 1.29 is 0 Å². The highest BCUT2D eigenvalue weighted by Crippen LogP contribution is 2.40. The molecule has 1 aliphatic carbocycles. The van der Waals surface area contributed by atoms with Crippen LogP contribution in [0.3, 0.4) is 0 Å². The van der Waals surface area contributed by atoms with Gasteiger partial charge in [-0.1, -0.05) is 36.5 Å². The van der Waals surface area contributed by atoms with Gasteiger partial charge < -0.3 is 10.6 Å². The minimum atomic E-state index is 0.393. The SMILES string of the molecule is CNc1nc(NCC2(C)CCC2)c(Cl)cc1Cl. The van der Waals surface area contributed by atoms with Crippen LogP contribution in [-0.2, 0) is 0 Å². The Morgan fingerprint density at radius 3 is 2.47 bits per heavy atom. The van der Waals surface area contributed by atoms with E-state index in [4.69, 9.17) is 23.2 Å². The molecule has 1 saturated carbocycles. The second-order valence-corrected chi connectivity index (χ2v) is 5.73. The molecule has 1 aliphatic rings. The van der Waals surface area contributed by atoms with Crippen LogP contribution in [-0.4, -0.2) is 18.6 Å². The highest BCUT2D eigenvalue weighted by atomic mass is 35.5. The number of halogens is 2. The van der Waals surface area contributed by atoms with E-state index in [-0.39, 0.29) is 0 Å². The van der Waals surface area contributed by atoms with E-state index in [0.717, 1.165) is 6.54 Å². The third kappa shape index (κ3) is 2.78. The van der Waals surface area contributed by atoms with Crippen molar-refractivity contribution in [3.05, 3.63) is 16.1 Å². The predicted octanol–water partition coefficient (Wildman–Crippen LogP) is 4.03. The molecule has 2 rings (SSSR count). The van der Waals surface area contributed by atoms with Gasteiger partial charge in [0.25, 0.3) is 0 Å². The summed E-state index contributed by atoms with van der Waals surface area (Å²) < 4.78 is 0. The van der Waals surface area contributed by atoms with Crippen molar-refractivity contribution in [3.8, 4) is 0 Å². The zero-order chi connectivity index (χ0) is 12.5. The quantitative estimate of drug-likeness (QED) is 0.870. The first-order valence-corrected chi connectivity index (χ1v) is 6.57. The average Bonchev–Trinajstić information content (AvgIpc) is 2.25. The van der Waals surface area contributed by atoms with Crippen molar-refractivity contribution in [1.82, 2.24) is 4.98 Å². The van der Waals surface area contributed by atoms with Crippen molar-refractivity contribution in [2.24, 2.45) is 5.41 Å². The van der Waals surface area contributed by atoms with Crippen LogP contribution in [0.4, 0.5) is 11.6 Å². The summed E-state index contributed by atoms with van der Waals surface area (Å²) in [5.41, 5.74) is 0.393. The molecule has 94 valence electrons. The van der Waals surface area contributed by atoms with Gasteiger partial charge >= 0.3 is 0 Å². The Bertz CT molecular complexity index is 416. The molecule has 17 heavy (non-hydrogen) atoms. The van der Waals surface area contributed by atoms with Gasteiger partial charge in [-0.3, -0.25) is 0 Å². The molecule has 0 bridgehead atoms. The number of hydrogen-bond acceptors (Lipinski definition) is 3. The van der Waals surface area contributed by atoms with Gasteiger partial charge in [-0.05, 0) is 24.3 Å². The predicted molar refractivity (Wildman–Crippen MR) is 74.3 cm³/mol. The van der Waals surface area contributed by atoms with Gasteiger partial charge in [0, 0.05) is 13.6 Å². The molecule has 2 N–H and O–H groups in total. The first-order chi connectivity index (χ1) is 8.04. The Hall–Kier alpha value is -0.670. The third-order valence-corrected chi connectivity index (χ3v) is 3.99. The Morgan fingerprint density at radius 1 is 1.29 bits per heavy atom. The first kappa shape index (κ1) is 12.8. The monoisotopic (exact) mass is 273 g/mol. The fraction of sp³-hybridized carbons (Fsp3) is 0.583. The van der Waals surface area contributed by atoms with Gasteiger partial charge in [-0.2, -0.15) is 0 Å². The molecule has 1 heterocycles. The summed E-state index contributed by atoms with van der Waals surface area (Å²) in [5, 5.41) is 7.37. The summed E-state index contributed by atoms with van der Waals surface area (Å²) in [6.07, 6.45) is 3.86. The summed E-state index contributed by atoms with van der Waals surface area (Å²) in [6, 6.07) is 1.72. The zero-order valence-corrected chi connectivity index (χ0v) is 11.6. The number of aromatic nitrogens is 1. The fourth-order valence-corrected chi connectivity index (χ4v) is 2.54. The summed E-state index contributed by atoms with van der Waals surface area (Å²) in [5.74, 6) is 1.35. The van der Waals surface area contributed by atoms with E-state index in [1.54, 1.807) is 13.1 Å². The van der Waals surface area contributed by atoms with E-state index in [1.807, 2.05) is 0 Å². The molecule has 0 aliphatic heterocycles. The van der Waals surface area contributed by atoms with Crippen molar-refractivity contribution in [2.75, 3.05) is 24.2 Å². The minimum absolute atomic E-state index is 0.393. The van der Waals surface area contributed by atoms with Crippen LogP contribution in [0.5, 0.6) is 0 Å². The second kappa shape index (κ2) is 4.91. The van der Waals surface area contributed by atoms with Gasteiger partial charge in [-0.15, -0.1) is 0 Å². The maximum atomic E-state index is 6.11. The molecule has 0 atom stereocenters. The zero-order valence-electron chi connectivity index (χ0n) is 10.1. The number of nitrogens with one attached hydrogen (secondary N) is 2. The number of hydrogen-bond donors (Lipinski definition) is 2. The molecule has 0 saturated heterocycles. The van der Waals surface area contributed by atoms with E-state index in [1.165, 1.54) is 19.3 Å². The number of rotatable bonds is 4. The summed E-state index contributed by atoms with van der Waals surface area (Å²) in [6.45, 7) is 3.19. The lowest BCUT2D eigenvalue weighted by molar-refractivity contribution is 0.180. The van der Waals surface area contributed by atoms with Crippen LogP contribution < -0.4 is 10.6 Å². The van der Waals surface area contributed by atoms with Gasteiger partial charge in [-0.25, -0.2) is 4.98 Å². The highest BCUT2D eigenvalue weighted by molar-refractivity contribution is 6.37. The summed E-state index contributed by atoms with van der Waals surface area (Å²) in [7, 11) is 1.79. The molecule has 5 heteroatoms. The molecule has 0 spiro atoms. The standard InChI is InChI=1S/C12H17Cl2N3/c1-12(4-3-5-12)7-16-11-9(14)6-8(13)10(15-2)17-11/h6H,3-5,7H2,1-2H3,(H2,15,16,17). The Balaban J connectivity index is 2.09. The lowest BCUT2D eigenvalue weighted by Gasteiger charge is -2.38. The third-order valence-electron chi connectivity index (χ3n) is 3.41. The molecule has 3 nitrogen and oxygen atoms in total. The first-order valence-electron chi connectivity index (χ1n) is 5.82. The number of pyridine rings is 1. The van der Waals surface area contributed by atoms with E-state index >= 15 is 0 Å². The van der Waals surface area contributed by atoms with E-state index < -0.39 is 0 Å². The van der Waals surface area contributed by atoms with Crippen molar-refractivity contribution >= 4 is 34.8 Å². The van der Waals surface area contributed by atoms with Crippen LogP contribution in [0.15, 0.2) is 6.07 Å². The maximum Gasteiger partial charge on any atom is 0.147 e. The highest BCUT2D eigenvalue weighted by Gasteiger charge is 2.31. The van der Waals surface area contributed by atoms with Crippen LogP contribution in [0.25, 0.3) is 0 Å². The number of anilines is 2. The molecular weight excluding hydrogens is 257 g/mol. The smallest absolute Gasteiger partial charge is 0.147 e. The molecule has 1 fully saturated rings. The van der Waals surface area contributed by atoms with E-state index in [2.05, 4.69) is 22.5 Å². The van der Waals surface area contributed by atoms with Crippen molar-refractivity contribution in [3.63, 3.8) is 0 Å². The topological polar surface area (TPSA) is 37.0 Å². The maximum absolute atomic E-state index is 6.11. The second-order valence-electron chi connectivity index (χ2n) is 4.92. The van der Waals surface area contributed by atoms with Gasteiger partial charge in [0.2, 0.25) is 0 Å². The Labute approximate surface area is 112 Å². The number of nitrogens with zero attached hydrogens (tertiary/aromatic N) is 1. The lowest BCUT2D eigenvalue weighted by Crippen LogP contribution is -2.33. The van der Waals surface area contributed by atoms with Gasteiger partial charge in [0.1, 0.15) is 11.6 Å². The Morgan fingerprint density at radius 2 is 1.94 bits per heavy atom. The Kier molecular flexibility index (Phi) is 3.69. The molecule has 0 amide bonds. The van der Waals surface area contributed by atoms with Crippen molar-refractivity contribution in [2.45, 2.75) is 26.2 Å². The van der Waals surface area contributed by atoms with Crippen molar-refractivity contribution in [1.29, 1.82) is 0 Å². The normalized spacial score (nSPS) is 17.4. The molecular formula is C12H17Cl2N3. The average molecular weight is 274 g/mol. The van der Waals surface area contributed by atoms with Crippen LogP contribution in [0.1, 0.15) is 26.2 Å². The van der Waals surface area contributed by atoms with E-state index in [9.17, 15) is 0 Å². The summed E-state index contributed by atoms with van der Waals surface area (Å²) >= 11 is 12.1. The largest absolute Gasteiger partial charge is 0.372 e. The molecule has 0 radical (unpaired) electrons. The lowest BCUT2D eigenvalue weighted by atomic mass is 9.70. The minimum Gasteiger partial charge on any atom is -0.372 e. The molecule has 1 aromatic rings. The fourth-order valence-electron chi connectivity index (χ4n) is 2.02. The van der Waals surface area contributed by atoms with Crippen LogP contribution >= 0.6 is 23.2 Å².